The zero-order valence-corrected chi connectivity index (χ0v) is 18.1. The summed E-state index contributed by atoms with van der Waals surface area (Å²) < 4.78 is 29.8. The van der Waals surface area contributed by atoms with E-state index in [0.29, 0.717) is 22.1 Å². The Balaban J connectivity index is 1.54. The summed E-state index contributed by atoms with van der Waals surface area (Å²) >= 11 is 1.18. The number of carbonyl (C=O) groups excluding carboxylic acids is 1. The summed E-state index contributed by atoms with van der Waals surface area (Å²) in [6, 6.07) is 12.1. The maximum Gasteiger partial charge on any atom is 0.270 e. The Morgan fingerprint density at radius 1 is 1.23 bits per heavy atom. The number of nitro groups is 1. The first-order valence-corrected chi connectivity index (χ1v) is 11.7. The van der Waals surface area contributed by atoms with Crippen molar-refractivity contribution in [2.24, 2.45) is 0 Å². The van der Waals surface area contributed by atoms with Crippen molar-refractivity contribution < 1.29 is 22.9 Å². The van der Waals surface area contributed by atoms with Crippen LogP contribution in [0.1, 0.15) is 12.8 Å². The molecule has 2 aromatic carbocycles. The molecule has 0 saturated heterocycles. The second kappa shape index (κ2) is 9.67. The normalized spacial score (nSPS) is 11.1. The smallest absolute Gasteiger partial charge is 0.270 e. The third-order valence-electron chi connectivity index (χ3n) is 4.34. The van der Waals surface area contributed by atoms with E-state index in [1.165, 1.54) is 42.7 Å². The molecule has 3 aromatic rings. The van der Waals surface area contributed by atoms with Crippen LogP contribution < -0.4 is 10.1 Å². The number of methoxy groups -OCH3 is 1. The highest BCUT2D eigenvalue weighted by Crippen LogP contribution is 2.27. The van der Waals surface area contributed by atoms with E-state index in [1.807, 2.05) is 0 Å². The van der Waals surface area contributed by atoms with E-state index in [1.54, 1.807) is 29.6 Å². The standard InChI is InChI=1S/C20H19N3O6S2/c1-29-16-7-9-17(10-8-16)31(27,28)11-3-6-19(24)22-20-21-18(13-30-20)14-4-2-5-15(12-14)23(25)26/h2,4-5,7-10,12-13H,3,6,11H2,1H3,(H,21,22,24). The molecule has 0 fully saturated rings. The summed E-state index contributed by atoms with van der Waals surface area (Å²) in [6.45, 7) is 0. The Morgan fingerprint density at radius 3 is 2.65 bits per heavy atom. The van der Waals surface area contributed by atoms with Crippen LogP contribution in [0.15, 0.2) is 58.8 Å². The third kappa shape index (κ3) is 5.86. The molecule has 1 aromatic heterocycles. The average Bonchev–Trinajstić information content (AvgIpc) is 3.22. The highest BCUT2D eigenvalue weighted by molar-refractivity contribution is 7.91. The van der Waals surface area contributed by atoms with Gasteiger partial charge >= 0.3 is 0 Å². The maximum absolute atomic E-state index is 12.4. The molecule has 0 spiro atoms. The average molecular weight is 462 g/mol. The maximum atomic E-state index is 12.4. The van der Waals surface area contributed by atoms with Gasteiger partial charge in [-0.2, -0.15) is 0 Å². The van der Waals surface area contributed by atoms with E-state index in [9.17, 15) is 23.3 Å². The van der Waals surface area contributed by atoms with Crippen molar-refractivity contribution >= 4 is 37.9 Å². The molecule has 162 valence electrons. The molecule has 0 bridgehead atoms. The number of sulfone groups is 1. The number of non-ortho nitro benzene ring substituents is 1. The van der Waals surface area contributed by atoms with Crippen LogP contribution in [-0.2, 0) is 14.6 Å². The number of rotatable bonds is 9. The molecular weight excluding hydrogens is 442 g/mol. The number of nitro benzene ring substituents is 1. The van der Waals surface area contributed by atoms with E-state index < -0.39 is 14.8 Å². The minimum atomic E-state index is -3.50. The lowest BCUT2D eigenvalue weighted by molar-refractivity contribution is -0.384. The van der Waals surface area contributed by atoms with E-state index in [0.717, 1.165) is 0 Å². The van der Waals surface area contributed by atoms with E-state index in [2.05, 4.69) is 10.3 Å². The summed E-state index contributed by atoms with van der Waals surface area (Å²) in [5.41, 5.74) is 1.02. The predicted molar refractivity (Wildman–Crippen MR) is 117 cm³/mol. The highest BCUT2D eigenvalue weighted by atomic mass is 32.2. The van der Waals surface area contributed by atoms with Crippen LogP contribution in [0.25, 0.3) is 11.3 Å². The van der Waals surface area contributed by atoms with Gasteiger partial charge in [-0.25, -0.2) is 13.4 Å². The van der Waals surface area contributed by atoms with Gasteiger partial charge in [-0.3, -0.25) is 14.9 Å². The first kappa shape index (κ1) is 22.4. The highest BCUT2D eigenvalue weighted by Gasteiger charge is 2.16. The van der Waals surface area contributed by atoms with Crippen molar-refractivity contribution in [3.05, 3.63) is 64.0 Å². The van der Waals surface area contributed by atoms with E-state index >= 15 is 0 Å². The molecule has 0 radical (unpaired) electrons. The van der Waals surface area contributed by atoms with Crippen LogP contribution in [0.3, 0.4) is 0 Å². The van der Waals surface area contributed by atoms with Crippen LogP contribution in [0, 0.1) is 10.1 Å². The predicted octanol–water partition coefficient (Wildman–Crippen LogP) is 3.92. The number of nitrogens with one attached hydrogen (secondary N) is 1. The molecular formula is C20H19N3O6S2. The second-order valence-corrected chi connectivity index (χ2v) is 9.46. The minimum Gasteiger partial charge on any atom is -0.497 e. The van der Waals surface area contributed by atoms with Gasteiger partial charge in [-0.15, -0.1) is 11.3 Å². The molecule has 1 heterocycles. The topological polar surface area (TPSA) is 128 Å². The van der Waals surface area contributed by atoms with Gasteiger partial charge < -0.3 is 10.1 Å². The van der Waals surface area contributed by atoms with Crippen LogP contribution >= 0.6 is 11.3 Å². The summed E-state index contributed by atoms with van der Waals surface area (Å²) in [4.78, 5) is 27.0. The molecule has 0 saturated carbocycles. The molecule has 11 heteroatoms. The van der Waals surface area contributed by atoms with Crippen molar-refractivity contribution in [1.82, 2.24) is 4.98 Å². The van der Waals surface area contributed by atoms with Crippen molar-refractivity contribution in [2.45, 2.75) is 17.7 Å². The lowest BCUT2D eigenvalue weighted by Crippen LogP contribution is -2.14. The van der Waals surface area contributed by atoms with Gasteiger partial charge in [0.2, 0.25) is 5.91 Å². The van der Waals surface area contributed by atoms with Gasteiger partial charge in [0.1, 0.15) is 5.75 Å². The van der Waals surface area contributed by atoms with Crippen molar-refractivity contribution in [2.75, 3.05) is 18.2 Å². The Labute approximate surface area is 182 Å². The zero-order valence-electron chi connectivity index (χ0n) is 16.5. The number of carbonyl (C=O) groups is 1. The molecule has 0 aliphatic carbocycles. The lowest BCUT2D eigenvalue weighted by atomic mass is 10.1. The number of hydrogen-bond donors (Lipinski definition) is 1. The summed E-state index contributed by atoms with van der Waals surface area (Å²) in [6.07, 6.45) is 0.171. The minimum absolute atomic E-state index is 0.0150. The Kier molecular flexibility index (Phi) is 6.98. The van der Waals surface area contributed by atoms with Crippen molar-refractivity contribution in [3.8, 4) is 17.0 Å². The van der Waals surface area contributed by atoms with Crippen molar-refractivity contribution in [1.29, 1.82) is 0 Å². The van der Waals surface area contributed by atoms with Gasteiger partial charge in [0.25, 0.3) is 5.69 Å². The van der Waals surface area contributed by atoms with Gasteiger partial charge in [-0.1, -0.05) is 12.1 Å². The third-order valence-corrected chi connectivity index (χ3v) is 6.91. The largest absolute Gasteiger partial charge is 0.497 e. The number of hydrogen-bond acceptors (Lipinski definition) is 8. The lowest BCUT2D eigenvalue weighted by Gasteiger charge is -2.06. The Bertz CT molecular complexity index is 1190. The van der Waals surface area contributed by atoms with Crippen LogP contribution in [-0.4, -0.2) is 37.1 Å². The fourth-order valence-electron chi connectivity index (χ4n) is 2.75. The number of aromatic nitrogens is 1. The number of anilines is 1. The number of ether oxygens (including phenoxy) is 1. The quantitative estimate of drug-likeness (QED) is 0.378. The van der Waals surface area contributed by atoms with E-state index in [4.69, 9.17) is 4.74 Å². The Morgan fingerprint density at radius 2 is 1.97 bits per heavy atom. The molecule has 0 unspecified atom stereocenters. The molecule has 0 aliphatic heterocycles. The number of amides is 1. The fourth-order valence-corrected chi connectivity index (χ4v) is 4.79. The first-order valence-electron chi connectivity index (χ1n) is 9.15. The Hall–Kier alpha value is -3.31. The SMILES string of the molecule is COc1ccc(S(=O)(=O)CCCC(=O)Nc2nc(-c3cccc([N+](=O)[O-])c3)cs2)cc1. The van der Waals surface area contributed by atoms with Gasteiger partial charge in [0.15, 0.2) is 15.0 Å². The van der Waals surface area contributed by atoms with Gasteiger partial charge in [0.05, 0.1) is 28.4 Å². The van der Waals surface area contributed by atoms with E-state index in [-0.39, 0.29) is 35.1 Å². The molecule has 0 atom stereocenters. The fraction of sp³-hybridized carbons (Fsp3) is 0.200. The summed E-state index contributed by atoms with van der Waals surface area (Å²) in [7, 11) is -2.00. The summed E-state index contributed by atoms with van der Waals surface area (Å²) in [5, 5.41) is 15.6. The molecule has 3 rings (SSSR count). The monoisotopic (exact) mass is 461 g/mol. The molecule has 0 aliphatic rings. The number of nitrogens with zero attached hydrogens (tertiary/aromatic N) is 2. The van der Waals surface area contributed by atoms with Crippen LogP contribution in [0.2, 0.25) is 0 Å². The van der Waals surface area contributed by atoms with Crippen molar-refractivity contribution in [3.63, 3.8) is 0 Å². The van der Waals surface area contributed by atoms with Crippen LogP contribution in [0.5, 0.6) is 5.75 Å². The zero-order chi connectivity index (χ0) is 22.4. The van der Waals surface area contributed by atoms with Gasteiger partial charge in [-0.05, 0) is 30.7 Å². The second-order valence-electron chi connectivity index (χ2n) is 6.49. The number of benzene rings is 2. The number of thiazole rings is 1. The van der Waals surface area contributed by atoms with Crippen LogP contribution in [0.4, 0.5) is 10.8 Å². The molecule has 1 N–H and O–H groups in total. The first-order chi connectivity index (χ1) is 14.8. The molecule has 1 amide bonds. The van der Waals surface area contributed by atoms with Gasteiger partial charge in [0, 0.05) is 29.5 Å². The molecule has 31 heavy (non-hydrogen) atoms. The summed E-state index contributed by atoms with van der Waals surface area (Å²) in [5.74, 6) is 0.0416. The molecule has 9 nitrogen and oxygen atoms in total.